The Morgan fingerprint density at radius 1 is 1.50 bits per heavy atom. The first kappa shape index (κ1) is 10.4. The first-order valence-electron chi connectivity index (χ1n) is 4.58. The molecular weight excluding hydrogens is 178 g/mol. The van der Waals surface area contributed by atoms with E-state index in [-0.39, 0.29) is 0 Å². The van der Waals surface area contributed by atoms with Gasteiger partial charge in [0.2, 0.25) is 0 Å². The predicted molar refractivity (Wildman–Crippen MR) is 58.2 cm³/mol. The number of anilines is 2. The molecule has 0 spiro atoms. The Labute approximate surface area is 83.3 Å². The number of amides is 1. The molecule has 14 heavy (non-hydrogen) atoms. The average Bonchev–Trinajstić information content (AvgIpc) is 2.16. The average molecular weight is 193 g/mol. The second-order valence-electron chi connectivity index (χ2n) is 3.09. The van der Waals surface area contributed by atoms with Crippen molar-refractivity contribution in [2.24, 2.45) is 5.73 Å². The van der Waals surface area contributed by atoms with Gasteiger partial charge >= 0.3 is 0 Å². The standard InChI is InChI=1S/C10H15N3O/c1-2-5-13-7-3-4-9(11)8(6-7)10(12)14/h3-4,6,13H,2,5,11H2,1H3,(H2,12,14). The van der Waals surface area contributed by atoms with Crippen LogP contribution in [0.3, 0.4) is 0 Å². The number of nitrogens with one attached hydrogen (secondary N) is 1. The molecule has 1 amide bonds. The van der Waals surface area contributed by atoms with Gasteiger partial charge in [-0.15, -0.1) is 0 Å². The molecule has 0 aliphatic heterocycles. The van der Waals surface area contributed by atoms with Gasteiger partial charge in [-0.2, -0.15) is 0 Å². The number of benzene rings is 1. The molecule has 76 valence electrons. The van der Waals surface area contributed by atoms with Crippen molar-refractivity contribution in [2.45, 2.75) is 13.3 Å². The summed E-state index contributed by atoms with van der Waals surface area (Å²) in [5, 5.41) is 3.15. The third-order valence-corrected chi connectivity index (χ3v) is 1.90. The molecule has 1 aromatic rings. The van der Waals surface area contributed by atoms with Crippen LogP contribution in [0.1, 0.15) is 23.7 Å². The summed E-state index contributed by atoms with van der Waals surface area (Å²) in [6.07, 6.45) is 1.02. The number of carbonyl (C=O) groups is 1. The zero-order valence-electron chi connectivity index (χ0n) is 8.21. The lowest BCUT2D eigenvalue weighted by Gasteiger charge is -2.07. The number of hydrogen-bond acceptors (Lipinski definition) is 3. The second-order valence-corrected chi connectivity index (χ2v) is 3.09. The van der Waals surface area contributed by atoms with Crippen LogP contribution in [0, 0.1) is 0 Å². The quantitative estimate of drug-likeness (QED) is 0.628. The van der Waals surface area contributed by atoms with Crippen LogP contribution in [0.4, 0.5) is 11.4 Å². The minimum absolute atomic E-state index is 0.367. The summed E-state index contributed by atoms with van der Waals surface area (Å²) in [4.78, 5) is 11.0. The Bertz CT molecular complexity index is 336. The molecule has 0 saturated heterocycles. The Hall–Kier alpha value is -1.71. The molecule has 0 saturated carbocycles. The van der Waals surface area contributed by atoms with Crippen LogP contribution >= 0.6 is 0 Å². The van der Waals surface area contributed by atoms with Gasteiger partial charge in [-0.25, -0.2) is 0 Å². The third kappa shape index (κ3) is 2.39. The maximum Gasteiger partial charge on any atom is 0.250 e. The normalized spacial score (nSPS) is 9.79. The van der Waals surface area contributed by atoms with Gasteiger partial charge in [0.25, 0.3) is 5.91 Å². The van der Waals surface area contributed by atoms with E-state index < -0.39 is 5.91 Å². The van der Waals surface area contributed by atoms with E-state index in [1.165, 1.54) is 0 Å². The van der Waals surface area contributed by atoms with Crippen LogP contribution in [0.25, 0.3) is 0 Å². The molecular formula is C10H15N3O. The number of carbonyl (C=O) groups excluding carboxylic acids is 1. The molecule has 4 nitrogen and oxygen atoms in total. The first-order valence-corrected chi connectivity index (χ1v) is 4.58. The maximum absolute atomic E-state index is 11.0. The zero-order chi connectivity index (χ0) is 10.6. The molecule has 0 unspecified atom stereocenters. The summed E-state index contributed by atoms with van der Waals surface area (Å²) in [5.74, 6) is -0.498. The highest BCUT2D eigenvalue weighted by molar-refractivity contribution is 5.98. The number of rotatable bonds is 4. The van der Waals surface area contributed by atoms with Gasteiger partial charge in [-0.3, -0.25) is 4.79 Å². The van der Waals surface area contributed by atoms with Crippen molar-refractivity contribution in [3.8, 4) is 0 Å². The van der Waals surface area contributed by atoms with Crippen molar-refractivity contribution >= 4 is 17.3 Å². The van der Waals surface area contributed by atoms with Crippen molar-refractivity contribution in [2.75, 3.05) is 17.6 Å². The minimum atomic E-state index is -0.498. The van der Waals surface area contributed by atoms with Crippen LogP contribution in [0.2, 0.25) is 0 Å². The lowest BCUT2D eigenvalue weighted by Crippen LogP contribution is -2.14. The second kappa shape index (κ2) is 4.50. The van der Waals surface area contributed by atoms with Gasteiger partial charge in [0, 0.05) is 17.9 Å². The van der Waals surface area contributed by atoms with E-state index in [4.69, 9.17) is 11.5 Å². The first-order chi connectivity index (χ1) is 6.65. The van der Waals surface area contributed by atoms with E-state index in [0.717, 1.165) is 18.7 Å². The van der Waals surface area contributed by atoms with E-state index >= 15 is 0 Å². The molecule has 1 rings (SSSR count). The highest BCUT2D eigenvalue weighted by Gasteiger charge is 2.05. The summed E-state index contributed by atoms with van der Waals surface area (Å²) in [6.45, 7) is 2.93. The molecule has 0 atom stereocenters. The lowest BCUT2D eigenvalue weighted by molar-refractivity contribution is 0.100. The fourth-order valence-electron chi connectivity index (χ4n) is 1.15. The van der Waals surface area contributed by atoms with Gasteiger partial charge in [0.1, 0.15) is 0 Å². The molecule has 0 aliphatic carbocycles. The van der Waals surface area contributed by atoms with E-state index in [2.05, 4.69) is 12.2 Å². The molecule has 0 aromatic heterocycles. The molecule has 5 N–H and O–H groups in total. The monoisotopic (exact) mass is 193 g/mol. The number of primary amides is 1. The van der Waals surface area contributed by atoms with Crippen LogP contribution in [0.15, 0.2) is 18.2 Å². The van der Waals surface area contributed by atoms with Crippen LogP contribution in [-0.2, 0) is 0 Å². The van der Waals surface area contributed by atoms with Crippen LogP contribution in [0.5, 0.6) is 0 Å². The lowest BCUT2D eigenvalue weighted by atomic mass is 10.1. The van der Waals surface area contributed by atoms with E-state index in [9.17, 15) is 4.79 Å². The van der Waals surface area contributed by atoms with Crippen LogP contribution < -0.4 is 16.8 Å². The molecule has 0 fully saturated rings. The Kier molecular flexibility index (Phi) is 3.34. The molecule has 0 aliphatic rings. The van der Waals surface area contributed by atoms with Gasteiger partial charge < -0.3 is 16.8 Å². The predicted octanol–water partition coefficient (Wildman–Crippen LogP) is 1.19. The SMILES string of the molecule is CCCNc1ccc(N)c(C(N)=O)c1. The molecule has 0 radical (unpaired) electrons. The largest absolute Gasteiger partial charge is 0.398 e. The van der Waals surface area contributed by atoms with Crippen LogP contribution in [-0.4, -0.2) is 12.5 Å². The van der Waals surface area contributed by atoms with E-state index in [1.807, 2.05) is 6.07 Å². The maximum atomic E-state index is 11.0. The van der Waals surface area contributed by atoms with E-state index in [0.29, 0.717) is 11.3 Å². The smallest absolute Gasteiger partial charge is 0.250 e. The highest BCUT2D eigenvalue weighted by Crippen LogP contribution is 2.17. The number of nitrogens with two attached hydrogens (primary N) is 2. The molecule has 0 heterocycles. The topological polar surface area (TPSA) is 81.1 Å². The van der Waals surface area contributed by atoms with E-state index in [1.54, 1.807) is 12.1 Å². The Morgan fingerprint density at radius 2 is 2.21 bits per heavy atom. The van der Waals surface area contributed by atoms with Gasteiger partial charge in [0.05, 0.1) is 5.56 Å². The van der Waals surface area contributed by atoms with Crippen molar-refractivity contribution < 1.29 is 4.79 Å². The Morgan fingerprint density at radius 3 is 2.79 bits per heavy atom. The fraction of sp³-hybridized carbons (Fsp3) is 0.300. The summed E-state index contributed by atoms with van der Waals surface area (Å²) in [5.41, 5.74) is 12.4. The van der Waals surface area contributed by atoms with Crippen molar-refractivity contribution in [3.05, 3.63) is 23.8 Å². The van der Waals surface area contributed by atoms with Gasteiger partial charge in [0.15, 0.2) is 0 Å². The summed E-state index contributed by atoms with van der Waals surface area (Å²) in [7, 11) is 0. The van der Waals surface area contributed by atoms with Crippen molar-refractivity contribution in [1.82, 2.24) is 0 Å². The zero-order valence-corrected chi connectivity index (χ0v) is 8.21. The summed E-state index contributed by atoms with van der Waals surface area (Å²) < 4.78 is 0. The summed E-state index contributed by atoms with van der Waals surface area (Å²) in [6, 6.07) is 5.18. The van der Waals surface area contributed by atoms with Gasteiger partial charge in [-0.1, -0.05) is 6.92 Å². The molecule has 0 bridgehead atoms. The van der Waals surface area contributed by atoms with Gasteiger partial charge in [-0.05, 0) is 24.6 Å². The number of nitrogen functional groups attached to an aromatic ring is 1. The summed E-state index contributed by atoms with van der Waals surface area (Å²) >= 11 is 0. The Balaban J connectivity index is 2.89. The molecule has 1 aromatic carbocycles. The number of hydrogen-bond donors (Lipinski definition) is 3. The molecule has 4 heteroatoms. The van der Waals surface area contributed by atoms with Crippen molar-refractivity contribution in [1.29, 1.82) is 0 Å². The minimum Gasteiger partial charge on any atom is -0.398 e. The van der Waals surface area contributed by atoms with Crippen molar-refractivity contribution in [3.63, 3.8) is 0 Å². The highest BCUT2D eigenvalue weighted by atomic mass is 16.1. The third-order valence-electron chi connectivity index (χ3n) is 1.90. The fourth-order valence-corrected chi connectivity index (χ4v) is 1.15.